The Labute approximate surface area is 128 Å². The van der Waals surface area contributed by atoms with E-state index < -0.39 is 11.6 Å². The van der Waals surface area contributed by atoms with Gasteiger partial charge in [0.15, 0.2) is 0 Å². The van der Waals surface area contributed by atoms with Crippen molar-refractivity contribution in [3.05, 3.63) is 58.2 Å². The molecule has 0 aliphatic rings. The van der Waals surface area contributed by atoms with Gasteiger partial charge in [-0.1, -0.05) is 28.1 Å². The van der Waals surface area contributed by atoms with E-state index in [2.05, 4.69) is 20.9 Å². The fraction of sp³-hybridized carbons (Fsp3) is 0.0625. The van der Waals surface area contributed by atoms with Crippen LogP contribution in [0.4, 0.5) is 14.6 Å². The van der Waals surface area contributed by atoms with Gasteiger partial charge in [-0.05, 0) is 30.7 Å². The predicted octanol–water partition coefficient (Wildman–Crippen LogP) is 4.83. The minimum atomic E-state index is -0.506. The Morgan fingerprint density at radius 1 is 1.14 bits per heavy atom. The lowest BCUT2D eigenvalue weighted by molar-refractivity contribution is 0.620. The molecule has 1 aromatic heterocycles. The largest absolute Gasteiger partial charge is 0.384 e. The summed E-state index contributed by atoms with van der Waals surface area (Å²) in [5.41, 5.74) is 6.76. The molecule has 0 unspecified atom stereocenters. The molecule has 21 heavy (non-hydrogen) atoms. The molecule has 106 valence electrons. The summed E-state index contributed by atoms with van der Waals surface area (Å²) in [6.45, 7) is 1.75. The zero-order chi connectivity index (χ0) is 15.1. The number of anilines is 1. The highest BCUT2D eigenvalue weighted by Crippen LogP contribution is 2.37. The molecule has 0 aliphatic carbocycles. The van der Waals surface area contributed by atoms with Crippen LogP contribution in [0.3, 0.4) is 0 Å². The van der Waals surface area contributed by atoms with Gasteiger partial charge in [0.1, 0.15) is 17.5 Å². The molecule has 0 fully saturated rings. The summed E-state index contributed by atoms with van der Waals surface area (Å²) in [5, 5.41) is 0.911. The Morgan fingerprint density at radius 3 is 2.62 bits per heavy atom. The summed E-state index contributed by atoms with van der Waals surface area (Å²) in [6.07, 6.45) is 1.37. The third-order valence-electron chi connectivity index (χ3n) is 3.42. The maximum atomic E-state index is 14.8. The highest BCUT2D eigenvalue weighted by atomic mass is 79.9. The SMILES string of the molecule is Cc1cccc(F)c1-c1cc(Br)c2cc(N)ncc2c1F. The summed E-state index contributed by atoms with van der Waals surface area (Å²) in [4.78, 5) is 3.91. The van der Waals surface area contributed by atoms with Crippen LogP contribution in [0.5, 0.6) is 0 Å². The van der Waals surface area contributed by atoms with Crippen molar-refractivity contribution >= 4 is 32.5 Å². The topological polar surface area (TPSA) is 38.9 Å². The van der Waals surface area contributed by atoms with Crippen molar-refractivity contribution in [3.8, 4) is 11.1 Å². The second-order valence-electron chi connectivity index (χ2n) is 4.81. The average molecular weight is 349 g/mol. The minimum Gasteiger partial charge on any atom is -0.384 e. The summed E-state index contributed by atoms with van der Waals surface area (Å²) in [6, 6.07) is 7.83. The van der Waals surface area contributed by atoms with Gasteiger partial charge in [-0.3, -0.25) is 0 Å². The maximum Gasteiger partial charge on any atom is 0.140 e. The van der Waals surface area contributed by atoms with Crippen molar-refractivity contribution in [2.45, 2.75) is 6.92 Å². The lowest BCUT2D eigenvalue weighted by Crippen LogP contribution is -1.96. The van der Waals surface area contributed by atoms with Crippen LogP contribution in [0.25, 0.3) is 21.9 Å². The van der Waals surface area contributed by atoms with Crippen molar-refractivity contribution in [1.82, 2.24) is 4.98 Å². The molecule has 2 aromatic carbocycles. The van der Waals surface area contributed by atoms with Gasteiger partial charge in [0, 0.05) is 32.6 Å². The van der Waals surface area contributed by atoms with E-state index in [0.717, 1.165) is 0 Å². The number of nitrogens with zero attached hydrogens (tertiary/aromatic N) is 1. The van der Waals surface area contributed by atoms with Gasteiger partial charge >= 0.3 is 0 Å². The van der Waals surface area contributed by atoms with Gasteiger partial charge in [-0.15, -0.1) is 0 Å². The van der Waals surface area contributed by atoms with Crippen LogP contribution in [-0.2, 0) is 0 Å². The quantitative estimate of drug-likeness (QED) is 0.683. The molecule has 0 aliphatic heterocycles. The molecule has 0 bridgehead atoms. The number of pyridine rings is 1. The Hall–Kier alpha value is -2.01. The van der Waals surface area contributed by atoms with Crippen LogP contribution in [0.15, 0.2) is 41.0 Å². The van der Waals surface area contributed by atoms with Crippen LogP contribution in [0.2, 0.25) is 0 Å². The number of nitrogen functional groups attached to an aromatic ring is 1. The van der Waals surface area contributed by atoms with Crippen LogP contribution < -0.4 is 5.73 Å². The molecule has 1 heterocycles. The normalized spacial score (nSPS) is 11.0. The number of aryl methyl sites for hydroxylation is 1. The van der Waals surface area contributed by atoms with Crippen LogP contribution in [0.1, 0.15) is 5.56 Å². The number of rotatable bonds is 1. The maximum absolute atomic E-state index is 14.8. The Kier molecular flexibility index (Phi) is 3.37. The molecule has 3 rings (SSSR count). The van der Waals surface area contributed by atoms with E-state index in [1.54, 1.807) is 31.2 Å². The first-order chi connectivity index (χ1) is 9.99. The fourth-order valence-corrected chi connectivity index (χ4v) is 2.97. The van der Waals surface area contributed by atoms with Crippen LogP contribution in [-0.4, -0.2) is 4.98 Å². The van der Waals surface area contributed by atoms with Crippen LogP contribution in [0, 0.1) is 18.6 Å². The first kappa shape index (κ1) is 13.9. The molecule has 0 spiro atoms. The molecule has 0 atom stereocenters. The molecule has 0 radical (unpaired) electrons. The molecule has 3 aromatic rings. The van der Waals surface area contributed by atoms with E-state index >= 15 is 0 Å². The lowest BCUT2D eigenvalue weighted by atomic mass is 9.97. The summed E-state index contributed by atoms with van der Waals surface area (Å²) in [5.74, 6) is -0.658. The Morgan fingerprint density at radius 2 is 1.90 bits per heavy atom. The number of aromatic nitrogens is 1. The van der Waals surface area contributed by atoms with E-state index in [9.17, 15) is 8.78 Å². The Bertz CT molecular complexity index is 842. The van der Waals surface area contributed by atoms with Gasteiger partial charge in [0.2, 0.25) is 0 Å². The lowest BCUT2D eigenvalue weighted by Gasteiger charge is -2.12. The van der Waals surface area contributed by atoms with Gasteiger partial charge in [0.05, 0.1) is 0 Å². The van der Waals surface area contributed by atoms with Crippen molar-refractivity contribution in [1.29, 1.82) is 0 Å². The molecule has 0 amide bonds. The second kappa shape index (κ2) is 5.07. The van der Waals surface area contributed by atoms with Gasteiger partial charge in [0.25, 0.3) is 0 Å². The van der Waals surface area contributed by atoms with Crippen molar-refractivity contribution in [2.24, 2.45) is 0 Å². The molecule has 2 N–H and O–H groups in total. The molecule has 2 nitrogen and oxygen atoms in total. The van der Waals surface area contributed by atoms with E-state index in [1.165, 1.54) is 12.3 Å². The minimum absolute atomic E-state index is 0.205. The van der Waals surface area contributed by atoms with E-state index in [4.69, 9.17) is 5.73 Å². The van der Waals surface area contributed by atoms with Crippen LogP contribution >= 0.6 is 15.9 Å². The number of hydrogen-bond acceptors (Lipinski definition) is 2. The summed E-state index contributed by atoms with van der Waals surface area (Å²) >= 11 is 3.39. The zero-order valence-electron chi connectivity index (χ0n) is 11.1. The summed E-state index contributed by atoms with van der Waals surface area (Å²) in [7, 11) is 0. The van der Waals surface area contributed by atoms with E-state index in [1.807, 2.05) is 0 Å². The van der Waals surface area contributed by atoms with Crippen molar-refractivity contribution < 1.29 is 8.78 Å². The van der Waals surface area contributed by atoms with E-state index in [0.29, 0.717) is 26.6 Å². The highest BCUT2D eigenvalue weighted by Gasteiger charge is 2.17. The average Bonchev–Trinajstić information content (AvgIpc) is 2.44. The molecule has 0 saturated carbocycles. The standard InChI is InChI=1S/C16H11BrF2N2/c1-8-3-2-4-13(18)15(8)10-5-12(17)9-6-14(20)21-7-11(9)16(10)19/h2-7H,1H3,(H2,20,21). The van der Waals surface area contributed by atoms with E-state index in [-0.39, 0.29) is 11.1 Å². The molecule has 5 heteroatoms. The number of nitrogens with two attached hydrogens (primary N) is 1. The predicted molar refractivity (Wildman–Crippen MR) is 83.9 cm³/mol. The zero-order valence-corrected chi connectivity index (χ0v) is 12.7. The van der Waals surface area contributed by atoms with Crippen molar-refractivity contribution in [2.75, 3.05) is 5.73 Å². The smallest absolute Gasteiger partial charge is 0.140 e. The summed E-state index contributed by atoms with van der Waals surface area (Å²) < 4.78 is 29.5. The van der Waals surface area contributed by atoms with Gasteiger partial charge < -0.3 is 5.73 Å². The third-order valence-corrected chi connectivity index (χ3v) is 4.07. The van der Waals surface area contributed by atoms with Crippen molar-refractivity contribution in [3.63, 3.8) is 0 Å². The molecule has 0 saturated heterocycles. The molecular formula is C16H11BrF2N2. The number of fused-ring (bicyclic) bond motifs is 1. The fourth-order valence-electron chi connectivity index (χ4n) is 2.41. The number of hydrogen-bond donors (Lipinski definition) is 1. The highest BCUT2D eigenvalue weighted by molar-refractivity contribution is 9.10. The number of halogens is 3. The number of benzene rings is 2. The second-order valence-corrected chi connectivity index (χ2v) is 5.66. The first-order valence-electron chi connectivity index (χ1n) is 6.27. The third kappa shape index (κ3) is 2.27. The van der Waals surface area contributed by atoms with Gasteiger partial charge in [-0.25, -0.2) is 13.8 Å². The first-order valence-corrected chi connectivity index (χ1v) is 7.07. The molecular weight excluding hydrogens is 338 g/mol. The Balaban J connectivity index is 2.40. The monoisotopic (exact) mass is 348 g/mol. The van der Waals surface area contributed by atoms with Gasteiger partial charge in [-0.2, -0.15) is 0 Å².